The molecule has 0 fully saturated rings. The molecule has 6 heteroatoms. The van der Waals surface area contributed by atoms with E-state index in [1.807, 2.05) is 13.0 Å². The van der Waals surface area contributed by atoms with Gasteiger partial charge in [-0.05, 0) is 30.7 Å². The Bertz CT molecular complexity index is 517. The van der Waals surface area contributed by atoms with Gasteiger partial charge in [-0.1, -0.05) is 26.0 Å². The van der Waals surface area contributed by atoms with Crippen molar-refractivity contribution in [3.8, 4) is 0 Å². The van der Waals surface area contributed by atoms with E-state index in [0.29, 0.717) is 0 Å². The second-order valence-electron chi connectivity index (χ2n) is 4.64. The predicted octanol–water partition coefficient (Wildman–Crippen LogP) is 1.36. The highest BCUT2D eigenvalue weighted by molar-refractivity contribution is 7.89. The van der Waals surface area contributed by atoms with Crippen LogP contribution in [0.1, 0.15) is 31.9 Å². The molecule has 114 valence electrons. The average Bonchev–Trinajstić information content (AvgIpc) is 2.45. The lowest BCUT2D eigenvalue weighted by Crippen LogP contribution is -2.30. The maximum absolute atomic E-state index is 12.3. The van der Waals surface area contributed by atoms with E-state index in [0.717, 1.165) is 18.5 Å². The molecule has 1 aromatic rings. The molecule has 1 aromatic carbocycles. The zero-order chi connectivity index (χ0) is 15.2. The van der Waals surface area contributed by atoms with Gasteiger partial charge in [0.05, 0.1) is 11.5 Å². The van der Waals surface area contributed by atoms with Crippen molar-refractivity contribution < 1.29 is 13.5 Å². The molecule has 0 radical (unpaired) electrons. The second kappa shape index (κ2) is 7.73. The van der Waals surface area contributed by atoms with E-state index in [9.17, 15) is 8.42 Å². The molecule has 0 amide bonds. The summed E-state index contributed by atoms with van der Waals surface area (Å²) in [4.78, 5) is 0.266. The first-order valence-corrected chi connectivity index (χ1v) is 8.31. The van der Waals surface area contributed by atoms with Crippen molar-refractivity contribution in [1.29, 1.82) is 0 Å². The molecule has 1 unspecified atom stereocenters. The SMILES string of the molecule is CCNC(CC)c1cccc(S(=O)(=O)N(C)CCO)c1. The van der Waals surface area contributed by atoms with Crippen molar-refractivity contribution in [2.75, 3.05) is 26.7 Å². The molecule has 0 aliphatic carbocycles. The summed E-state index contributed by atoms with van der Waals surface area (Å²) < 4.78 is 25.8. The van der Waals surface area contributed by atoms with Crippen LogP contribution in [0.5, 0.6) is 0 Å². The summed E-state index contributed by atoms with van der Waals surface area (Å²) in [7, 11) is -2.06. The van der Waals surface area contributed by atoms with Gasteiger partial charge in [-0.15, -0.1) is 0 Å². The number of nitrogens with one attached hydrogen (secondary N) is 1. The average molecular weight is 300 g/mol. The van der Waals surface area contributed by atoms with Crippen molar-refractivity contribution in [2.24, 2.45) is 0 Å². The van der Waals surface area contributed by atoms with Crippen molar-refractivity contribution in [3.05, 3.63) is 29.8 Å². The highest BCUT2D eigenvalue weighted by Gasteiger charge is 2.21. The second-order valence-corrected chi connectivity index (χ2v) is 6.69. The predicted molar refractivity (Wildman–Crippen MR) is 80.1 cm³/mol. The van der Waals surface area contributed by atoms with E-state index in [1.54, 1.807) is 18.2 Å². The van der Waals surface area contributed by atoms with E-state index in [2.05, 4.69) is 12.2 Å². The maximum atomic E-state index is 12.3. The van der Waals surface area contributed by atoms with Crippen LogP contribution in [0.15, 0.2) is 29.2 Å². The van der Waals surface area contributed by atoms with Gasteiger partial charge in [0.25, 0.3) is 0 Å². The minimum atomic E-state index is -3.53. The van der Waals surface area contributed by atoms with Crippen molar-refractivity contribution in [3.63, 3.8) is 0 Å². The minimum absolute atomic E-state index is 0.0942. The number of aliphatic hydroxyl groups excluding tert-OH is 1. The molecule has 20 heavy (non-hydrogen) atoms. The third kappa shape index (κ3) is 4.02. The Morgan fingerprint density at radius 2 is 2.05 bits per heavy atom. The molecular formula is C14H24N2O3S. The van der Waals surface area contributed by atoms with Crippen LogP contribution < -0.4 is 5.32 Å². The number of hydrogen-bond acceptors (Lipinski definition) is 4. The third-order valence-corrected chi connectivity index (χ3v) is 5.10. The van der Waals surface area contributed by atoms with Gasteiger partial charge in [-0.2, -0.15) is 4.31 Å². The van der Waals surface area contributed by atoms with Crippen molar-refractivity contribution in [1.82, 2.24) is 9.62 Å². The van der Waals surface area contributed by atoms with Crippen LogP contribution in [0.3, 0.4) is 0 Å². The van der Waals surface area contributed by atoms with Crippen LogP contribution >= 0.6 is 0 Å². The minimum Gasteiger partial charge on any atom is -0.395 e. The number of likely N-dealkylation sites (N-methyl/N-ethyl adjacent to an activating group) is 1. The Hall–Kier alpha value is -0.950. The fraction of sp³-hybridized carbons (Fsp3) is 0.571. The molecule has 0 aliphatic heterocycles. The molecule has 0 saturated carbocycles. The van der Waals surface area contributed by atoms with Crippen molar-refractivity contribution >= 4 is 10.0 Å². The monoisotopic (exact) mass is 300 g/mol. The summed E-state index contributed by atoms with van der Waals surface area (Å²) in [5.74, 6) is 0. The van der Waals surface area contributed by atoms with E-state index in [4.69, 9.17) is 5.11 Å². The zero-order valence-corrected chi connectivity index (χ0v) is 13.2. The van der Waals surface area contributed by atoms with Gasteiger partial charge >= 0.3 is 0 Å². The topological polar surface area (TPSA) is 69.6 Å². The lowest BCUT2D eigenvalue weighted by atomic mass is 10.0. The van der Waals surface area contributed by atoms with Crippen molar-refractivity contribution in [2.45, 2.75) is 31.2 Å². The largest absolute Gasteiger partial charge is 0.395 e. The van der Waals surface area contributed by atoms with Gasteiger partial charge in [0.2, 0.25) is 10.0 Å². The number of nitrogens with zero attached hydrogens (tertiary/aromatic N) is 1. The number of aliphatic hydroxyl groups is 1. The molecule has 1 atom stereocenters. The normalized spacial score (nSPS) is 13.7. The molecule has 2 N–H and O–H groups in total. The molecule has 0 aromatic heterocycles. The lowest BCUT2D eigenvalue weighted by molar-refractivity contribution is 0.266. The Balaban J connectivity index is 3.09. The molecular weight excluding hydrogens is 276 g/mol. The number of sulfonamides is 1. The van der Waals surface area contributed by atoms with Crippen LogP contribution in [-0.4, -0.2) is 44.6 Å². The lowest BCUT2D eigenvalue weighted by Gasteiger charge is -2.19. The third-order valence-electron chi connectivity index (χ3n) is 3.24. The first kappa shape index (κ1) is 17.1. The first-order chi connectivity index (χ1) is 9.47. The highest BCUT2D eigenvalue weighted by atomic mass is 32.2. The summed E-state index contributed by atoms with van der Waals surface area (Å²) >= 11 is 0. The quantitative estimate of drug-likeness (QED) is 0.760. The molecule has 0 bridgehead atoms. The first-order valence-electron chi connectivity index (χ1n) is 6.87. The highest BCUT2D eigenvalue weighted by Crippen LogP contribution is 2.21. The van der Waals surface area contributed by atoms with E-state index >= 15 is 0 Å². The van der Waals surface area contributed by atoms with E-state index in [-0.39, 0.29) is 24.1 Å². The fourth-order valence-corrected chi connectivity index (χ4v) is 3.29. The summed E-state index contributed by atoms with van der Waals surface area (Å²) in [6, 6.07) is 7.14. The summed E-state index contributed by atoms with van der Waals surface area (Å²) in [6.07, 6.45) is 0.893. The van der Waals surface area contributed by atoms with Gasteiger partial charge in [0.1, 0.15) is 0 Å². The molecule has 0 saturated heterocycles. The molecule has 1 rings (SSSR count). The molecule has 0 spiro atoms. The van der Waals surface area contributed by atoms with Crippen LogP contribution in [0.25, 0.3) is 0 Å². The Labute approximate surface area is 121 Å². The Morgan fingerprint density at radius 3 is 2.60 bits per heavy atom. The smallest absolute Gasteiger partial charge is 0.242 e. The standard InChI is InChI=1S/C14H24N2O3S/c1-4-14(15-5-2)12-7-6-8-13(11-12)20(18,19)16(3)9-10-17/h6-8,11,14-15,17H,4-5,9-10H2,1-3H3. The van der Waals surface area contributed by atoms with Crippen LogP contribution in [0.4, 0.5) is 0 Å². The van der Waals surface area contributed by atoms with E-state index in [1.165, 1.54) is 11.4 Å². The Kier molecular flexibility index (Phi) is 6.61. The summed E-state index contributed by atoms with van der Waals surface area (Å²) in [6.45, 7) is 4.83. The van der Waals surface area contributed by atoms with Gasteiger partial charge in [-0.25, -0.2) is 8.42 Å². The summed E-state index contributed by atoms with van der Waals surface area (Å²) in [5.41, 5.74) is 0.966. The number of benzene rings is 1. The van der Waals surface area contributed by atoms with Gasteiger partial charge in [-0.3, -0.25) is 0 Å². The summed E-state index contributed by atoms with van der Waals surface area (Å²) in [5, 5.41) is 12.2. The number of rotatable bonds is 8. The fourth-order valence-electron chi connectivity index (χ4n) is 2.08. The zero-order valence-electron chi connectivity index (χ0n) is 12.3. The Morgan fingerprint density at radius 1 is 1.35 bits per heavy atom. The maximum Gasteiger partial charge on any atom is 0.242 e. The molecule has 0 aliphatic rings. The van der Waals surface area contributed by atoms with Crippen LogP contribution in [0.2, 0.25) is 0 Å². The van der Waals surface area contributed by atoms with Crippen LogP contribution in [0, 0.1) is 0 Å². The van der Waals surface area contributed by atoms with E-state index < -0.39 is 10.0 Å². The number of hydrogen-bond donors (Lipinski definition) is 2. The van der Waals surface area contributed by atoms with Crippen LogP contribution in [-0.2, 0) is 10.0 Å². The van der Waals surface area contributed by atoms with Gasteiger partial charge < -0.3 is 10.4 Å². The van der Waals surface area contributed by atoms with Gasteiger partial charge in [0.15, 0.2) is 0 Å². The van der Waals surface area contributed by atoms with Gasteiger partial charge in [0, 0.05) is 19.6 Å². The molecule has 5 nitrogen and oxygen atoms in total. The molecule has 0 heterocycles.